The lowest BCUT2D eigenvalue weighted by Gasteiger charge is -2.13. The molecule has 2 aromatic rings. The van der Waals surface area contributed by atoms with Crippen LogP contribution in [0.5, 0.6) is 11.5 Å². The normalized spacial score (nSPS) is 10.6. The summed E-state index contributed by atoms with van der Waals surface area (Å²) in [4.78, 5) is 4.10. The van der Waals surface area contributed by atoms with Crippen LogP contribution in [0.3, 0.4) is 0 Å². The molecule has 0 radical (unpaired) electrons. The lowest BCUT2D eigenvalue weighted by molar-refractivity contribution is 0.271. The fourth-order valence-electron chi connectivity index (χ4n) is 1.81. The summed E-state index contributed by atoms with van der Waals surface area (Å²) < 4.78 is 12.7. The Kier molecular flexibility index (Phi) is 4.81. The second-order valence-corrected chi connectivity index (χ2v) is 4.64. The minimum atomic E-state index is 0.276. The molecule has 1 aromatic carbocycles. The third kappa shape index (κ3) is 3.20. The lowest BCUT2D eigenvalue weighted by Crippen LogP contribution is -2.07. The molecular weight excluding hydrogens is 280 g/mol. The Morgan fingerprint density at radius 1 is 1.40 bits per heavy atom. The van der Waals surface area contributed by atoms with Crippen molar-refractivity contribution < 1.29 is 9.47 Å². The molecular formula is C13H17ClN4O2. The van der Waals surface area contributed by atoms with E-state index < -0.39 is 0 Å². The maximum atomic E-state index is 6.25. The van der Waals surface area contributed by atoms with E-state index in [0.29, 0.717) is 28.9 Å². The zero-order valence-electron chi connectivity index (χ0n) is 11.7. The van der Waals surface area contributed by atoms with Gasteiger partial charge in [0.25, 0.3) is 0 Å². The maximum Gasteiger partial charge on any atom is 0.180 e. The van der Waals surface area contributed by atoms with Crippen molar-refractivity contribution in [1.82, 2.24) is 20.1 Å². The monoisotopic (exact) mass is 296 g/mol. The van der Waals surface area contributed by atoms with E-state index in [0.717, 1.165) is 5.56 Å². The molecule has 1 heterocycles. The molecule has 0 fully saturated rings. The smallest absolute Gasteiger partial charge is 0.180 e. The highest BCUT2D eigenvalue weighted by atomic mass is 35.5. The fraction of sp³-hybridized carbons (Fsp3) is 0.385. The Morgan fingerprint density at radius 3 is 2.80 bits per heavy atom. The van der Waals surface area contributed by atoms with Gasteiger partial charge in [0.05, 0.1) is 12.1 Å². The van der Waals surface area contributed by atoms with Gasteiger partial charge in [0, 0.05) is 13.6 Å². The number of halogens is 1. The lowest BCUT2D eigenvalue weighted by atomic mass is 10.2. The molecule has 108 valence electrons. The molecule has 1 aromatic heterocycles. The highest BCUT2D eigenvalue weighted by Crippen LogP contribution is 2.36. The van der Waals surface area contributed by atoms with Crippen molar-refractivity contribution in [1.29, 1.82) is 0 Å². The van der Waals surface area contributed by atoms with Crippen LogP contribution in [0.1, 0.15) is 11.4 Å². The number of ether oxygens (including phenoxy) is 2. The van der Waals surface area contributed by atoms with E-state index >= 15 is 0 Å². The predicted octanol–water partition coefficient (Wildman–Crippen LogP) is 1.78. The van der Waals surface area contributed by atoms with Gasteiger partial charge in [-0.25, -0.2) is 4.98 Å². The Balaban J connectivity index is 2.20. The minimum absolute atomic E-state index is 0.276. The van der Waals surface area contributed by atoms with Gasteiger partial charge < -0.3 is 14.8 Å². The quantitative estimate of drug-likeness (QED) is 0.880. The molecule has 2 rings (SSSR count). The molecule has 0 aliphatic carbocycles. The number of nitrogens with one attached hydrogen (secondary N) is 1. The van der Waals surface area contributed by atoms with Crippen LogP contribution in [-0.2, 0) is 20.2 Å². The zero-order valence-corrected chi connectivity index (χ0v) is 12.4. The Hall–Kier alpha value is -1.79. The molecule has 0 aliphatic heterocycles. The van der Waals surface area contributed by atoms with Crippen LogP contribution in [0, 0.1) is 0 Å². The van der Waals surface area contributed by atoms with Gasteiger partial charge in [-0.1, -0.05) is 11.6 Å². The predicted molar refractivity (Wildman–Crippen MR) is 76.1 cm³/mol. The SMILES string of the molecule is CNCc1cc(Cl)c(OCc2ncnn2C)c(OC)c1. The van der Waals surface area contributed by atoms with Crippen molar-refractivity contribution in [3.63, 3.8) is 0 Å². The van der Waals surface area contributed by atoms with Gasteiger partial charge >= 0.3 is 0 Å². The van der Waals surface area contributed by atoms with Crippen molar-refractivity contribution >= 4 is 11.6 Å². The van der Waals surface area contributed by atoms with Crippen molar-refractivity contribution in [2.45, 2.75) is 13.2 Å². The van der Waals surface area contributed by atoms with Gasteiger partial charge in [0.1, 0.15) is 12.9 Å². The van der Waals surface area contributed by atoms with E-state index in [9.17, 15) is 0 Å². The molecule has 7 heteroatoms. The summed E-state index contributed by atoms with van der Waals surface area (Å²) >= 11 is 6.25. The zero-order chi connectivity index (χ0) is 14.5. The molecule has 0 saturated heterocycles. The number of hydrogen-bond acceptors (Lipinski definition) is 5. The van der Waals surface area contributed by atoms with Crippen LogP contribution in [0.15, 0.2) is 18.5 Å². The molecule has 0 unspecified atom stereocenters. The molecule has 6 nitrogen and oxygen atoms in total. The van der Waals surface area contributed by atoms with Crippen LogP contribution in [0.25, 0.3) is 0 Å². The summed E-state index contributed by atoms with van der Waals surface area (Å²) in [6.07, 6.45) is 1.48. The number of methoxy groups -OCH3 is 1. The Morgan fingerprint density at radius 2 is 2.20 bits per heavy atom. The molecule has 20 heavy (non-hydrogen) atoms. The van der Waals surface area contributed by atoms with Crippen LogP contribution in [0.2, 0.25) is 5.02 Å². The Bertz CT molecular complexity index is 586. The van der Waals surface area contributed by atoms with Gasteiger partial charge in [-0.15, -0.1) is 0 Å². The molecule has 1 N–H and O–H groups in total. The third-order valence-corrected chi connectivity index (χ3v) is 3.10. The molecule has 0 atom stereocenters. The number of aromatic nitrogens is 3. The Labute approximate surface area is 122 Å². The molecule has 0 spiro atoms. The van der Waals surface area contributed by atoms with Gasteiger partial charge in [-0.3, -0.25) is 4.68 Å². The van der Waals surface area contributed by atoms with E-state index in [1.54, 1.807) is 18.8 Å². The highest BCUT2D eigenvalue weighted by Gasteiger charge is 2.13. The van der Waals surface area contributed by atoms with Crippen LogP contribution in [-0.4, -0.2) is 28.9 Å². The first-order valence-electron chi connectivity index (χ1n) is 6.12. The standard InChI is InChI=1S/C13H17ClN4O2/c1-15-6-9-4-10(14)13(11(5-9)19-3)20-7-12-16-8-17-18(12)2/h4-5,8,15H,6-7H2,1-3H3. The van der Waals surface area contributed by atoms with E-state index in [1.807, 2.05) is 19.2 Å². The minimum Gasteiger partial charge on any atom is -0.493 e. The number of benzene rings is 1. The second-order valence-electron chi connectivity index (χ2n) is 4.23. The summed E-state index contributed by atoms with van der Waals surface area (Å²) in [5, 5.41) is 7.56. The van der Waals surface area contributed by atoms with Crippen molar-refractivity contribution in [3.05, 3.63) is 34.9 Å². The van der Waals surface area contributed by atoms with Gasteiger partial charge in [-0.2, -0.15) is 5.10 Å². The first-order valence-corrected chi connectivity index (χ1v) is 6.50. The van der Waals surface area contributed by atoms with Crippen LogP contribution in [0.4, 0.5) is 0 Å². The van der Waals surface area contributed by atoms with E-state index in [1.165, 1.54) is 6.33 Å². The highest BCUT2D eigenvalue weighted by molar-refractivity contribution is 6.32. The summed E-state index contributed by atoms with van der Waals surface area (Å²) in [7, 11) is 5.27. The number of rotatable bonds is 6. The summed E-state index contributed by atoms with van der Waals surface area (Å²) in [6, 6.07) is 3.75. The van der Waals surface area contributed by atoms with Gasteiger partial charge in [0.15, 0.2) is 17.3 Å². The first-order chi connectivity index (χ1) is 9.65. The van der Waals surface area contributed by atoms with Crippen molar-refractivity contribution in [3.8, 4) is 11.5 Å². The number of aryl methyl sites for hydroxylation is 1. The summed E-state index contributed by atoms with van der Waals surface area (Å²) in [5.41, 5.74) is 1.03. The van der Waals surface area contributed by atoms with Gasteiger partial charge in [-0.05, 0) is 24.7 Å². The summed E-state index contributed by atoms with van der Waals surface area (Å²) in [5.74, 6) is 1.82. The molecule has 0 amide bonds. The first kappa shape index (κ1) is 14.6. The molecule has 0 saturated carbocycles. The van der Waals surface area contributed by atoms with Crippen LogP contribution >= 0.6 is 11.6 Å². The number of nitrogens with zero attached hydrogens (tertiary/aromatic N) is 3. The van der Waals surface area contributed by atoms with Crippen molar-refractivity contribution in [2.24, 2.45) is 7.05 Å². The van der Waals surface area contributed by atoms with Crippen molar-refractivity contribution in [2.75, 3.05) is 14.2 Å². The molecule has 0 bridgehead atoms. The van der Waals surface area contributed by atoms with E-state index in [2.05, 4.69) is 15.4 Å². The van der Waals surface area contributed by atoms with Gasteiger partial charge in [0.2, 0.25) is 0 Å². The summed E-state index contributed by atoms with van der Waals surface area (Å²) in [6.45, 7) is 0.984. The number of hydrogen-bond donors (Lipinski definition) is 1. The third-order valence-electron chi connectivity index (χ3n) is 2.82. The molecule has 0 aliphatic rings. The average Bonchev–Trinajstić information content (AvgIpc) is 2.83. The largest absolute Gasteiger partial charge is 0.493 e. The second kappa shape index (κ2) is 6.58. The average molecular weight is 297 g/mol. The topological polar surface area (TPSA) is 61.2 Å². The maximum absolute atomic E-state index is 6.25. The van der Waals surface area contributed by atoms with Crippen LogP contribution < -0.4 is 14.8 Å². The van der Waals surface area contributed by atoms with E-state index in [-0.39, 0.29) is 6.61 Å². The van der Waals surface area contributed by atoms with E-state index in [4.69, 9.17) is 21.1 Å². The fourth-order valence-corrected chi connectivity index (χ4v) is 2.09.